The van der Waals surface area contributed by atoms with Crippen molar-refractivity contribution in [2.75, 3.05) is 28.4 Å². The Bertz CT molecular complexity index is 1110. The monoisotopic (exact) mass is 423 g/mol. The maximum atomic E-state index is 13.3. The molecule has 164 valence electrons. The van der Waals surface area contributed by atoms with Crippen LogP contribution >= 0.6 is 0 Å². The molecule has 2 aromatic carbocycles. The Labute approximate surface area is 183 Å². The number of benzene rings is 2. The number of ketones is 1. The van der Waals surface area contributed by atoms with E-state index in [0.717, 1.165) is 34.9 Å². The average molecular weight is 424 g/mol. The van der Waals surface area contributed by atoms with Gasteiger partial charge in [0.1, 0.15) is 0 Å². The van der Waals surface area contributed by atoms with Gasteiger partial charge < -0.3 is 18.9 Å². The van der Waals surface area contributed by atoms with Gasteiger partial charge in [-0.2, -0.15) is 0 Å². The summed E-state index contributed by atoms with van der Waals surface area (Å²) >= 11 is 0. The summed E-state index contributed by atoms with van der Waals surface area (Å²) in [5.74, 6) is 2.46. The van der Waals surface area contributed by atoms with Gasteiger partial charge in [-0.1, -0.05) is 19.4 Å². The van der Waals surface area contributed by atoms with Crippen molar-refractivity contribution >= 4 is 16.7 Å². The van der Waals surface area contributed by atoms with E-state index in [9.17, 15) is 4.79 Å². The lowest BCUT2D eigenvalue weighted by Crippen LogP contribution is -2.08. The topological polar surface area (TPSA) is 66.9 Å². The number of hydrogen-bond donors (Lipinski definition) is 0. The molecule has 0 radical (unpaired) electrons. The Morgan fingerprint density at radius 1 is 0.871 bits per heavy atom. The van der Waals surface area contributed by atoms with E-state index in [1.165, 1.54) is 0 Å². The van der Waals surface area contributed by atoms with Crippen LogP contribution in [0.5, 0.6) is 23.0 Å². The number of methoxy groups -OCH3 is 4. The maximum Gasteiger partial charge on any atom is 0.165 e. The van der Waals surface area contributed by atoms with Crippen molar-refractivity contribution in [1.82, 2.24) is 4.98 Å². The first-order chi connectivity index (χ1) is 15.0. The van der Waals surface area contributed by atoms with E-state index in [1.54, 1.807) is 28.4 Å². The number of pyridine rings is 1. The minimum Gasteiger partial charge on any atom is -0.493 e. The molecule has 1 aromatic heterocycles. The van der Waals surface area contributed by atoms with E-state index in [0.29, 0.717) is 40.7 Å². The summed E-state index contributed by atoms with van der Waals surface area (Å²) in [6.45, 7) is 3.95. The number of ether oxygens (including phenoxy) is 4. The van der Waals surface area contributed by atoms with Crippen LogP contribution in [0.4, 0.5) is 0 Å². The first-order valence-corrected chi connectivity index (χ1v) is 10.3. The number of unbranched alkanes of at least 4 members (excludes halogenated alkanes) is 1. The molecule has 3 rings (SSSR count). The van der Waals surface area contributed by atoms with Crippen molar-refractivity contribution < 1.29 is 23.7 Å². The van der Waals surface area contributed by atoms with Crippen LogP contribution < -0.4 is 18.9 Å². The summed E-state index contributed by atoms with van der Waals surface area (Å²) in [7, 11) is 6.38. The zero-order valence-electron chi connectivity index (χ0n) is 19.0. The highest BCUT2D eigenvalue weighted by molar-refractivity contribution is 6.11. The Hall–Kier alpha value is -3.28. The Balaban J connectivity index is 2.39. The predicted molar refractivity (Wildman–Crippen MR) is 122 cm³/mol. The van der Waals surface area contributed by atoms with E-state index < -0.39 is 0 Å². The molecule has 0 bridgehead atoms. The molecule has 0 unspecified atom stereocenters. The van der Waals surface area contributed by atoms with Gasteiger partial charge in [0.2, 0.25) is 0 Å². The van der Waals surface area contributed by atoms with Gasteiger partial charge in [-0.15, -0.1) is 0 Å². The van der Waals surface area contributed by atoms with Crippen molar-refractivity contribution in [2.24, 2.45) is 0 Å². The van der Waals surface area contributed by atoms with Crippen LogP contribution in [-0.2, 0) is 0 Å². The zero-order valence-corrected chi connectivity index (χ0v) is 19.0. The summed E-state index contributed by atoms with van der Waals surface area (Å²) in [6.07, 6.45) is 2.24. The summed E-state index contributed by atoms with van der Waals surface area (Å²) in [6, 6.07) is 9.38. The second-order valence-electron chi connectivity index (χ2n) is 7.27. The molecular weight excluding hydrogens is 394 g/mol. The molecule has 0 saturated heterocycles. The van der Waals surface area contributed by atoms with Gasteiger partial charge in [0, 0.05) is 34.7 Å². The molecule has 0 amide bonds. The normalized spacial score (nSPS) is 10.8. The lowest BCUT2D eigenvalue weighted by Gasteiger charge is -2.18. The Morgan fingerprint density at radius 2 is 1.48 bits per heavy atom. The van der Waals surface area contributed by atoms with Gasteiger partial charge >= 0.3 is 0 Å². The number of nitrogens with zero attached hydrogens (tertiary/aromatic N) is 1. The second kappa shape index (κ2) is 9.69. The highest BCUT2D eigenvalue weighted by Gasteiger charge is 2.22. The molecular formula is C25H29NO5. The molecule has 0 saturated carbocycles. The average Bonchev–Trinajstić information content (AvgIpc) is 2.80. The third kappa shape index (κ3) is 4.29. The van der Waals surface area contributed by atoms with Crippen molar-refractivity contribution in [3.05, 3.63) is 41.6 Å². The second-order valence-corrected chi connectivity index (χ2v) is 7.27. The molecule has 0 aliphatic rings. The van der Waals surface area contributed by atoms with E-state index in [1.807, 2.05) is 37.3 Å². The van der Waals surface area contributed by atoms with Crippen LogP contribution in [-0.4, -0.2) is 39.2 Å². The maximum absolute atomic E-state index is 13.3. The van der Waals surface area contributed by atoms with Gasteiger partial charge in [-0.05, 0) is 37.1 Å². The molecule has 0 spiro atoms. The van der Waals surface area contributed by atoms with Crippen molar-refractivity contribution in [3.63, 3.8) is 0 Å². The largest absolute Gasteiger partial charge is 0.493 e. The lowest BCUT2D eigenvalue weighted by atomic mass is 9.90. The molecule has 6 heteroatoms. The van der Waals surface area contributed by atoms with Gasteiger partial charge in [0.15, 0.2) is 28.8 Å². The quantitative estimate of drug-likeness (QED) is 0.416. The highest BCUT2D eigenvalue weighted by atomic mass is 16.5. The van der Waals surface area contributed by atoms with Crippen LogP contribution in [0.15, 0.2) is 30.3 Å². The first-order valence-electron chi connectivity index (χ1n) is 10.3. The van der Waals surface area contributed by atoms with Crippen LogP contribution in [0, 0.1) is 6.92 Å². The molecule has 0 atom stereocenters. The Morgan fingerprint density at radius 3 is 2.10 bits per heavy atom. The van der Waals surface area contributed by atoms with E-state index in [2.05, 4.69) is 6.92 Å². The molecule has 0 aliphatic carbocycles. The summed E-state index contributed by atoms with van der Waals surface area (Å²) < 4.78 is 21.9. The fraction of sp³-hybridized carbons (Fsp3) is 0.360. The minimum absolute atomic E-state index is 0.0771. The number of hydrogen-bond acceptors (Lipinski definition) is 6. The number of aromatic nitrogens is 1. The summed E-state index contributed by atoms with van der Waals surface area (Å²) in [5, 5.41) is 0.815. The van der Waals surface area contributed by atoms with Gasteiger partial charge in [0.25, 0.3) is 0 Å². The summed E-state index contributed by atoms with van der Waals surface area (Å²) in [5.41, 5.74) is 3.70. The van der Waals surface area contributed by atoms with Crippen molar-refractivity contribution in [1.29, 1.82) is 0 Å². The number of fused-ring (bicyclic) bond motifs is 1. The molecule has 3 aromatic rings. The number of rotatable bonds is 9. The molecule has 1 heterocycles. The first kappa shape index (κ1) is 22.4. The molecule has 0 fully saturated rings. The Kier molecular flexibility index (Phi) is 7.00. The molecule has 0 aliphatic heterocycles. The number of carbonyl (C=O) groups is 1. The number of aryl methyl sites for hydroxylation is 1. The fourth-order valence-electron chi connectivity index (χ4n) is 3.81. The van der Waals surface area contributed by atoms with Crippen LogP contribution in [0.1, 0.15) is 42.2 Å². The van der Waals surface area contributed by atoms with E-state index in [-0.39, 0.29) is 5.78 Å². The van der Waals surface area contributed by atoms with Crippen molar-refractivity contribution in [3.8, 4) is 34.1 Å². The van der Waals surface area contributed by atoms with Gasteiger partial charge in [-0.3, -0.25) is 9.78 Å². The fourth-order valence-corrected chi connectivity index (χ4v) is 3.81. The molecule has 6 nitrogen and oxygen atoms in total. The van der Waals surface area contributed by atoms with Crippen LogP contribution in [0.3, 0.4) is 0 Å². The predicted octanol–water partition coefficient (Wildman–Crippen LogP) is 5.62. The SMILES string of the molecule is CCCCC(=O)c1c(C)nc2cc(OC)c(OC)cc2c1-c1ccc(OC)c(OC)c1. The lowest BCUT2D eigenvalue weighted by molar-refractivity contribution is 0.0979. The van der Waals surface area contributed by atoms with Crippen molar-refractivity contribution in [2.45, 2.75) is 33.1 Å². The standard InChI is InChI=1S/C25H29NO5/c1-7-8-9-19(27)24-15(2)26-18-14-23(31-6)22(30-5)13-17(18)25(24)16-10-11-20(28-3)21(12-16)29-4/h10-14H,7-9H2,1-6H3. The molecule has 31 heavy (non-hydrogen) atoms. The minimum atomic E-state index is 0.0771. The molecule has 0 N–H and O–H groups in total. The van der Waals surface area contributed by atoms with E-state index in [4.69, 9.17) is 23.9 Å². The van der Waals surface area contributed by atoms with Gasteiger partial charge in [0.05, 0.1) is 34.0 Å². The highest BCUT2D eigenvalue weighted by Crippen LogP contribution is 2.41. The third-order valence-electron chi connectivity index (χ3n) is 5.38. The van der Waals surface area contributed by atoms with E-state index >= 15 is 0 Å². The number of carbonyl (C=O) groups excluding carboxylic acids is 1. The smallest absolute Gasteiger partial charge is 0.165 e. The third-order valence-corrected chi connectivity index (χ3v) is 5.38. The van der Waals surface area contributed by atoms with Gasteiger partial charge in [-0.25, -0.2) is 0 Å². The summed E-state index contributed by atoms with van der Waals surface area (Å²) in [4.78, 5) is 18.0. The van der Waals surface area contributed by atoms with Crippen LogP contribution in [0.2, 0.25) is 0 Å². The zero-order chi connectivity index (χ0) is 22.5. The van der Waals surface area contributed by atoms with Crippen LogP contribution in [0.25, 0.3) is 22.0 Å². The number of Topliss-reactive ketones (excluding diaryl/α,β-unsaturated/α-hetero) is 1.